The van der Waals surface area contributed by atoms with E-state index < -0.39 is 6.10 Å². The van der Waals surface area contributed by atoms with Gasteiger partial charge in [0.2, 0.25) is 0 Å². The normalized spacial score (nSPS) is 15.8. The first kappa shape index (κ1) is 16.5. The lowest BCUT2D eigenvalue weighted by atomic mass is 10.1. The number of ether oxygens (including phenoxy) is 1. The van der Waals surface area contributed by atoms with Crippen molar-refractivity contribution in [2.24, 2.45) is 0 Å². The third kappa shape index (κ3) is 4.13. The lowest BCUT2D eigenvalue weighted by molar-refractivity contribution is 0.0916. The van der Waals surface area contributed by atoms with Gasteiger partial charge in [-0.1, -0.05) is 30.3 Å². The van der Waals surface area contributed by atoms with Crippen LogP contribution < -0.4 is 10.2 Å². The smallest absolute Gasteiger partial charge is 0.251 e. The fraction of sp³-hybridized carbons (Fsp3) is 0.316. The maximum Gasteiger partial charge on any atom is 0.251 e. The number of nitrogens with one attached hydrogen (secondary N) is 1. The summed E-state index contributed by atoms with van der Waals surface area (Å²) in [6.07, 6.45) is -0.726. The molecule has 5 nitrogen and oxygen atoms in total. The Kier molecular flexibility index (Phi) is 5.46. The highest BCUT2D eigenvalue weighted by atomic mass is 16.5. The van der Waals surface area contributed by atoms with E-state index in [2.05, 4.69) is 10.2 Å². The number of aliphatic hydroxyl groups is 1. The molecule has 2 aromatic carbocycles. The molecule has 0 aromatic heterocycles. The van der Waals surface area contributed by atoms with Crippen LogP contribution in [0.2, 0.25) is 0 Å². The molecule has 0 spiro atoms. The van der Waals surface area contributed by atoms with Crippen molar-refractivity contribution in [3.8, 4) is 0 Å². The van der Waals surface area contributed by atoms with Crippen molar-refractivity contribution in [1.29, 1.82) is 0 Å². The second kappa shape index (κ2) is 7.95. The van der Waals surface area contributed by atoms with Crippen LogP contribution in [0.25, 0.3) is 0 Å². The lowest BCUT2D eigenvalue weighted by Gasteiger charge is -2.29. The van der Waals surface area contributed by atoms with Crippen molar-refractivity contribution in [2.45, 2.75) is 6.10 Å². The molecular formula is C19H22N2O3. The zero-order chi connectivity index (χ0) is 16.8. The minimum Gasteiger partial charge on any atom is -0.387 e. The van der Waals surface area contributed by atoms with Gasteiger partial charge in [-0.3, -0.25) is 4.79 Å². The molecule has 1 aliphatic heterocycles. The van der Waals surface area contributed by atoms with Crippen molar-refractivity contribution >= 4 is 11.6 Å². The van der Waals surface area contributed by atoms with Gasteiger partial charge in [-0.15, -0.1) is 0 Å². The predicted octanol–water partition coefficient (Wildman–Crippen LogP) is 1.99. The van der Waals surface area contributed by atoms with Gasteiger partial charge in [0, 0.05) is 30.9 Å². The number of rotatable bonds is 5. The molecule has 126 valence electrons. The molecule has 0 aliphatic carbocycles. The summed E-state index contributed by atoms with van der Waals surface area (Å²) in [5.74, 6) is -0.181. The Morgan fingerprint density at radius 1 is 1.08 bits per heavy atom. The Balaban J connectivity index is 1.55. The predicted molar refractivity (Wildman–Crippen MR) is 93.2 cm³/mol. The van der Waals surface area contributed by atoms with E-state index in [4.69, 9.17) is 4.74 Å². The molecule has 1 heterocycles. The highest BCUT2D eigenvalue weighted by molar-refractivity contribution is 5.94. The number of carbonyl (C=O) groups excluding carboxylic acids is 1. The Morgan fingerprint density at radius 3 is 2.42 bits per heavy atom. The molecule has 1 saturated heterocycles. The van der Waals surface area contributed by atoms with Crippen LogP contribution in [0, 0.1) is 0 Å². The van der Waals surface area contributed by atoms with Crippen LogP contribution in [0.1, 0.15) is 22.0 Å². The Hall–Kier alpha value is -2.37. The monoisotopic (exact) mass is 326 g/mol. The van der Waals surface area contributed by atoms with Gasteiger partial charge >= 0.3 is 0 Å². The average molecular weight is 326 g/mol. The van der Waals surface area contributed by atoms with E-state index in [1.165, 1.54) is 0 Å². The number of amides is 1. The van der Waals surface area contributed by atoms with Gasteiger partial charge in [0.1, 0.15) is 0 Å². The number of benzene rings is 2. The number of aliphatic hydroxyl groups excluding tert-OH is 1. The van der Waals surface area contributed by atoms with Crippen LogP contribution in [-0.2, 0) is 4.74 Å². The molecule has 1 aliphatic rings. The van der Waals surface area contributed by atoms with E-state index in [-0.39, 0.29) is 12.5 Å². The Labute approximate surface area is 141 Å². The molecule has 1 atom stereocenters. The molecule has 24 heavy (non-hydrogen) atoms. The van der Waals surface area contributed by atoms with Crippen molar-refractivity contribution in [2.75, 3.05) is 37.7 Å². The summed E-state index contributed by atoms with van der Waals surface area (Å²) in [5.41, 5.74) is 2.51. The Morgan fingerprint density at radius 2 is 1.75 bits per heavy atom. The molecule has 1 fully saturated rings. The van der Waals surface area contributed by atoms with E-state index in [0.29, 0.717) is 5.56 Å². The summed E-state index contributed by atoms with van der Waals surface area (Å²) in [6.45, 7) is 3.44. The van der Waals surface area contributed by atoms with Gasteiger partial charge in [0.05, 0.1) is 19.3 Å². The van der Waals surface area contributed by atoms with E-state index in [0.717, 1.165) is 37.6 Å². The van der Waals surface area contributed by atoms with Crippen molar-refractivity contribution in [1.82, 2.24) is 5.32 Å². The molecule has 5 heteroatoms. The standard InChI is InChI=1S/C19H22N2O3/c22-18(14-20-19(23)16-4-2-1-3-5-16)15-6-8-17(9-7-15)21-10-12-24-13-11-21/h1-9,18,22H,10-14H2,(H,20,23). The fourth-order valence-electron chi connectivity index (χ4n) is 2.73. The van der Waals surface area contributed by atoms with Crippen molar-refractivity contribution < 1.29 is 14.6 Å². The van der Waals surface area contributed by atoms with Gasteiger partial charge in [-0.05, 0) is 29.8 Å². The van der Waals surface area contributed by atoms with Gasteiger partial charge in [0.15, 0.2) is 0 Å². The maximum atomic E-state index is 12.0. The number of carbonyl (C=O) groups is 1. The molecule has 2 N–H and O–H groups in total. The summed E-state index contributed by atoms with van der Waals surface area (Å²) in [4.78, 5) is 14.3. The first-order valence-corrected chi connectivity index (χ1v) is 8.18. The molecule has 2 aromatic rings. The topological polar surface area (TPSA) is 61.8 Å². The molecule has 0 radical (unpaired) electrons. The van der Waals surface area contributed by atoms with Gasteiger partial charge in [-0.25, -0.2) is 0 Å². The van der Waals surface area contributed by atoms with Crippen molar-refractivity contribution in [3.63, 3.8) is 0 Å². The molecule has 0 bridgehead atoms. The summed E-state index contributed by atoms with van der Waals surface area (Å²) in [5, 5.41) is 13.0. The highest BCUT2D eigenvalue weighted by Gasteiger charge is 2.13. The molecule has 1 amide bonds. The molecule has 0 saturated carbocycles. The van der Waals surface area contributed by atoms with Gasteiger partial charge < -0.3 is 20.1 Å². The summed E-state index contributed by atoms with van der Waals surface area (Å²) < 4.78 is 5.35. The van der Waals surface area contributed by atoms with Crippen molar-refractivity contribution in [3.05, 3.63) is 65.7 Å². The first-order chi connectivity index (χ1) is 11.7. The van der Waals surface area contributed by atoms with Crippen LogP contribution in [0.5, 0.6) is 0 Å². The Bertz CT molecular complexity index is 652. The second-order valence-electron chi connectivity index (χ2n) is 5.78. The van der Waals surface area contributed by atoms with Gasteiger partial charge in [0.25, 0.3) is 5.91 Å². The maximum absolute atomic E-state index is 12.0. The number of morpholine rings is 1. The van der Waals surface area contributed by atoms with E-state index in [9.17, 15) is 9.90 Å². The summed E-state index contributed by atoms with van der Waals surface area (Å²) in [6, 6.07) is 16.8. The van der Waals surface area contributed by atoms with E-state index >= 15 is 0 Å². The number of hydrogen-bond acceptors (Lipinski definition) is 4. The highest BCUT2D eigenvalue weighted by Crippen LogP contribution is 2.20. The lowest BCUT2D eigenvalue weighted by Crippen LogP contribution is -2.36. The first-order valence-electron chi connectivity index (χ1n) is 8.18. The van der Waals surface area contributed by atoms with Crippen LogP contribution in [0.3, 0.4) is 0 Å². The minimum atomic E-state index is -0.726. The fourth-order valence-corrected chi connectivity index (χ4v) is 2.73. The van der Waals surface area contributed by atoms with E-state index in [1.54, 1.807) is 12.1 Å². The third-order valence-electron chi connectivity index (χ3n) is 4.15. The second-order valence-corrected chi connectivity index (χ2v) is 5.78. The van der Waals surface area contributed by atoms with Gasteiger partial charge in [-0.2, -0.15) is 0 Å². The zero-order valence-corrected chi connectivity index (χ0v) is 13.5. The van der Waals surface area contributed by atoms with Crippen LogP contribution in [-0.4, -0.2) is 43.9 Å². The van der Waals surface area contributed by atoms with E-state index in [1.807, 2.05) is 42.5 Å². The zero-order valence-electron chi connectivity index (χ0n) is 13.5. The average Bonchev–Trinajstić information content (AvgIpc) is 2.67. The number of anilines is 1. The molecule has 1 unspecified atom stereocenters. The largest absolute Gasteiger partial charge is 0.387 e. The minimum absolute atomic E-state index is 0.181. The third-order valence-corrected chi connectivity index (χ3v) is 4.15. The summed E-state index contributed by atoms with van der Waals surface area (Å²) in [7, 11) is 0. The SMILES string of the molecule is O=C(NCC(O)c1ccc(N2CCOCC2)cc1)c1ccccc1. The number of nitrogens with zero attached hydrogens (tertiary/aromatic N) is 1. The van der Waals surface area contributed by atoms with Crippen LogP contribution >= 0.6 is 0 Å². The summed E-state index contributed by atoms with van der Waals surface area (Å²) >= 11 is 0. The molecule has 3 rings (SSSR count). The number of hydrogen-bond donors (Lipinski definition) is 2. The van der Waals surface area contributed by atoms with Crippen LogP contribution in [0.4, 0.5) is 5.69 Å². The van der Waals surface area contributed by atoms with Crippen LogP contribution in [0.15, 0.2) is 54.6 Å². The quantitative estimate of drug-likeness (QED) is 0.882. The molecular weight excluding hydrogens is 304 g/mol.